The molecule has 0 aliphatic rings. The van der Waals surface area contributed by atoms with Crippen LogP contribution in [-0.4, -0.2) is 11.7 Å². The predicted molar refractivity (Wildman–Crippen MR) is 58.0 cm³/mol. The van der Waals surface area contributed by atoms with Crippen LogP contribution in [0.25, 0.3) is 0 Å². The SMILES string of the molecule is C#CCNC(CC)c1ccccc1O. The highest BCUT2D eigenvalue weighted by Crippen LogP contribution is 2.25. The summed E-state index contributed by atoms with van der Waals surface area (Å²) in [4.78, 5) is 0. The van der Waals surface area contributed by atoms with Crippen LogP contribution in [0.4, 0.5) is 0 Å². The lowest BCUT2D eigenvalue weighted by atomic mass is 10.0. The summed E-state index contributed by atoms with van der Waals surface area (Å²) < 4.78 is 0. The molecule has 0 aliphatic heterocycles. The third-order valence-corrected chi connectivity index (χ3v) is 2.17. The van der Waals surface area contributed by atoms with Crippen molar-refractivity contribution >= 4 is 0 Å². The molecule has 0 heterocycles. The Bertz CT molecular complexity index is 327. The van der Waals surface area contributed by atoms with Crippen LogP contribution >= 0.6 is 0 Å². The molecule has 0 spiro atoms. The van der Waals surface area contributed by atoms with Crippen LogP contribution in [0.5, 0.6) is 5.75 Å². The van der Waals surface area contributed by atoms with E-state index in [0.717, 1.165) is 12.0 Å². The summed E-state index contributed by atoms with van der Waals surface area (Å²) in [6, 6.07) is 7.46. The van der Waals surface area contributed by atoms with Gasteiger partial charge in [0.1, 0.15) is 5.75 Å². The molecule has 0 aliphatic carbocycles. The van der Waals surface area contributed by atoms with Gasteiger partial charge in [0.25, 0.3) is 0 Å². The summed E-state index contributed by atoms with van der Waals surface area (Å²) in [6.45, 7) is 2.58. The van der Waals surface area contributed by atoms with Gasteiger partial charge in [0, 0.05) is 11.6 Å². The van der Waals surface area contributed by atoms with Crippen molar-refractivity contribution in [2.45, 2.75) is 19.4 Å². The molecule has 0 saturated carbocycles. The fraction of sp³-hybridized carbons (Fsp3) is 0.333. The molecule has 74 valence electrons. The second-order valence-electron chi connectivity index (χ2n) is 3.10. The highest BCUT2D eigenvalue weighted by atomic mass is 16.3. The lowest BCUT2D eigenvalue weighted by Gasteiger charge is -2.16. The summed E-state index contributed by atoms with van der Waals surface area (Å²) in [5.41, 5.74) is 0.908. The average Bonchev–Trinajstić information content (AvgIpc) is 2.21. The summed E-state index contributed by atoms with van der Waals surface area (Å²) in [5.74, 6) is 2.85. The van der Waals surface area contributed by atoms with Crippen molar-refractivity contribution in [2.75, 3.05) is 6.54 Å². The van der Waals surface area contributed by atoms with E-state index in [1.54, 1.807) is 6.07 Å². The summed E-state index contributed by atoms with van der Waals surface area (Å²) in [6.07, 6.45) is 6.07. The second-order valence-corrected chi connectivity index (χ2v) is 3.10. The molecule has 14 heavy (non-hydrogen) atoms. The first kappa shape index (κ1) is 10.6. The van der Waals surface area contributed by atoms with Crippen LogP contribution in [0.3, 0.4) is 0 Å². The smallest absolute Gasteiger partial charge is 0.120 e. The summed E-state index contributed by atoms with van der Waals surface area (Å²) in [5, 5.41) is 12.8. The number of hydrogen-bond acceptors (Lipinski definition) is 2. The molecule has 1 rings (SSSR count). The Morgan fingerprint density at radius 2 is 2.21 bits per heavy atom. The Balaban J connectivity index is 2.79. The number of rotatable bonds is 4. The highest BCUT2D eigenvalue weighted by molar-refractivity contribution is 5.34. The van der Waals surface area contributed by atoms with Gasteiger partial charge in [0.15, 0.2) is 0 Å². The molecule has 0 radical (unpaired) electrons. The first-order chi connectivity index (χ1) is 6.79. The van der Waals surface area contributed by atoms with Gasteiger partial charge in [-0.25, -0.2) is 0 Å². The average molecular weight is 189 g/mol. The molecule has 1 aromatic carbocycles. The van der Waals surface area contributed by atoms with Crippen LogP contribution in [0.1, 0.15) is 24.9 Å². The lowest BCUT2D eigenvalue weighted by molar-refractivity contribution is 0.447. The Labute approximate surface area is 85.0 Å². The molecule has 0 fully saturated rings. The van der Waals surface area contributed by atoms with Gasteiger partial charge in [-0.15, -0.1) is 6.42 Å². The van der Waals surface area contributed by atoms with Crippen LogP contribution in [0, 0.1) is 12.3 Å². The van der Waals surface area contributed by atoms with Gasteiger partial charge in [0.05, 0.1) is 6.54 Å². The second kappa shape index (κ2) is 5.31. The van der Waals surface area contributed by atoms with Crippen molar-refractivity contribution in [1.82, 2.24) is 5.32 Å². The van der Waals surface area contributed by atoms with Crippen molar-refractivity contribution in [1.29, 1.82) is 0 Å². The molecular formula is C12H15NO. The zero-order valence-electron chi connectivity index (χ0n) is 8.33. The lowest BCUT2D eigenvalue weighted by Crippen LogP contribution is -2.20. The molecule has 0 aromatic heterocycles. The summed E-state index contributed by atoms with van der Waals surface area (Å²) >= 11 is 0. The van der Waals surface area contributed by atoms with Gasteiger partial charge in [-0.2, -0.15) is 0 Å². The molecular weight excluding hydrogens is 174 g/mol. The monoisotopic (exact) mass is 189 g/mol. The first-order valence-electron chi connectivity index (χ1n) is 4.74. The van der Waals surface area contributed by atoms with E-state index in [1.807, 2.05) is 18.2 Å². The molecule has 2 nitrogen and oxygen atoms in total. The van der Waals surface area contributed by atoms with E-state index < -0.39 is 0 Å². The van der Waals surface area contributed by atoms with Crippen LogP contribution in [-0.2, 0) is 0 Å². The van der Waals surface area contributed by atoms with Crippen LogP contribution in [0.2, 0.25) is 0 Å². The van der Waals surface area contributed by atoms with Crippen LogP contribution in [0.15, 0.2) is 24.3 Å². The Kier molecular flexibility index (Phi) is 4.03. The molecule has 0 amide bonds. The van der Waals surface area contributed by atoms with E-state index in [1.165, 1.54) is 0 Å². The maximum atomic E-state index is 9.62. The predicted octanol–water partition coefficient (Wildman–Crippen LogP) is 2.07. The number of nitrogens with one attached hydrogen (secondary N) is 1. The van der Waals surface area contributed by atoms with Crippen molar-refractivity contribution in [2.24, 2.45) is 0 Å². The standard InChI is InChI=1S/C12H15NO/c1-3-9-13-11(4-2)10-7-5-6-8-12(10)14/h1,5-8,11,13-14H,4,9H2,2H3. The third kappa shape index (κ3) is 2.51. The number of hydrogen-bond donors (Lipinski definition) is 2. The number of benzene rings is 1. The number of para-hydroxylation sites is 1. The summed E-state index contributed by atoms with van der Waals surface area (Å²) in [7, 11) is 0. The van der Waals surface area contributed by atoms with E-state index in [4.69, 9.17) is 6.42 Å². The Hall–Kier alpha value is -1.46. The van der Waals surface area contributed by atoms with Crippen molar-refractivity contribution in [3.05, 3.63) is 29.8 Å². The minimum absolute atomic E-state index is 0.132. The van der Waals surface area contributed by atoms with Crippen LogP contribution < -0.4 is 5.32 Å². The number of phenols is 1. The Morgan fingerprint density at radius 3 is 2.79 bits per heavy atom. The van der Waals surface area contributed by atoms with Gasteiger partial charge < -0.3 is 5.11 Å². The number of aromatic hydroxyl groups is 1. The molecule has 0 saturated heterocycles. The van der Waals surface area contributed by atoms with E-state index in [-0.39, 0.29) is 6.04 Å². The zero-order chi connectivity index (χ0) is 10.4. The number of phenolic OH excluding ortho intramolecular Hbond substituents is 1. The normalized spacial score (nSPS) is 12.0. The maximum Gasteiger partial charge on any atom is 0.120 e. The van der Waals surface area contributed by atoms with Crippen molar-refractivity contribution in [3.63, 3.8) is 0 Å². The van der Waals surface area contributed by atoms with E-state index in [2.05, 4.69) is 18.2 Å². The minimum atomic E-state index is 0.132. The topological polar surface area (TPSA) is 32.3 Å². The van der Waals surface area contributed by atoms with Crippen molar-refractivity contribution < 1.29 is 5.11 Å². The van der Waals surface area contributed by atoms with E-state index in [9.17, 15) is 5.11 Å². The fourth-order valence-corrected chi connectivity index (χ4v) is 1.44. The molecule has 2 heteroatoms. The Morgan fingerprint density at radius 1 is 1.50 bits per heavy atom. The largest absolute Gasteiger partial charge is 0.508 e. The highest BCUT2D eigenvalue weighted by Gasteiger charge is 2.10. The third-order valence-electron chi connectivity index (χ3n) is 2.17. The molecule has 1 aromatic rings. The fourth-order valence-electron chi connectivity index (χ4n) is 1.44. The van der Waals surface area contributed by atoms with Crippen molar-refractivity contribution in [3.8, 4) is 18.1 Å². The molecule has 1 atom stereocenters. The van der Waals surface area contributed by atoms with Gasteiger partial charge in [-0.05, 0) is 12.5 Å². The van der Waals surface area contributed by atoms with Gasteiger partial charge in [-0.3, -0.25) is 5.32 Å². The van der Waals surface area contributed by atoms with Gasteiger partial charge in [-0.1, -0.05) is 31.0 Å². The zero-order valence-corrected chi connectivity index (χ0v) is 8.33. The van der Waals surface area contributed by atoms with E-state index in [0.29, 0.717) is 12.3 Å². The molecule has 2 N–H and O–H groups in total. The molecule has 0 bridgehead atoms. The van der Waals surface area contributed by atoms with Gasteiger partial charge in [0.2, 0.25) is 0 Å². The minimum Gasteiger partial charge on any atom is -0.508 e. The maximum absolute atomic E-state index is 9.62. The quantitative estimate of drug-likeness (QED) is 0.711. The first-order valence-corrected chi connectivity index (χ1v) is 4.74. The number of terminal acetylenes is 1. The van der Waals surface area contributed by atoms with Gasteiger partial charge >= 0.3 is 0 Å². The molecule has 1 unspecified atom stereocenters. The van der Waals surface area contributed by atoms with E-state index >= 15 is 0 Å².